The molecule has 3 heterocycles. The first kappa shape index (κ1) is 32.9. The summed E-state index contributed by atoms with van der Waals surface area (Å²) >= 11 is 5.92. The number of fused-ring (bicyclic) bond motifs is 2. The molecule has 0 spiro atoms. The van der Waals surface area contributed by atoms with Gasteiger partial charge in [0, 0.05) is 36.1 Å². The Kier molecular flexibility index (Phi) is 8.10. The van der Waals surface area contributed by atoms with E-state index in [2.05, 4.69) is 4.98 Å². The number of aromatic nitrogens is 2. The fraction of sp³-hybridized carbons (Fsp3) is 0.297. The number of nitrogens with zero attached hydrogens (tertiary/aromatic N) is 2. The monoisotopic (exact) mass is 694 g/mol. The van der Waals surface area contributed by atoms with Gasteiger partial charge in [-0.1, -0.05) is 23.7 Å². The summed E-state index contributed by atoms with van der Waals surface area (Å²) in [5, 5.41) is 0.203. The molecule has 0 amide bonds. The van der Waals surface area contributed by atoms with E-state index in [0.717, 1.165) is 6.07 Å². The zero-order chi connectivity index (χ0) is 34.8. The van der Waals surface area contributed by atoms with Crippen LogP contribution in [0.4, 0.5) is 17.6 Å². The Bertz CT molecular complexity index is 2120. The summed E-state index contributed by atoms with van der Waals surface area (Å²) in [5.41, 5.74) is -0.606. The molecule has 1 fully saturated rings. The second-order valence-corrected chi connectivity index (χ2v) is 13.7. The topological polar surface area (TPSA) is 71.8 Å². The Hall–Kier alpha value is -4.61. The second-order valence-electron chi connectivity index (χ2n) is 13.2. The Morgan fingerprint density at radius 1 is 1.02 bits per heavy atom. The van der Waals surface area contributed by atoms with E-state index in [1.54, 1.807) is 39.0 Å². The summed E-state index contributed by atoms with van der Waals surface area (Å²) in [5.74, 6) is -4.98. The summed E-state index contributed by atoms with van der Waals surface area (Å²) < 4.78 is 87.3. The number of para-hydroxylation sites is 1. The molecule has 49 heavy (non-hydrogen) atoms. The first-order valence-electron chi connectivity index (χ1n) is 15.7. The minimum Gasteiger partial charge on any atom is -0.456 e. The molecule has 0 bridgehead atoms. The Balaban J connectivity index is 1.24. The van der Waals surface area contributed by atoms with Gasteiger partial charge in [-0.3, -0.25) is 0 Å². The molecule has 7 rings (SSSR count). The Labute approximate surface area is 284 Å². The van der Waals surface area contributed by atoms with Gasteiger partial charge in [-0.2, -0.15) is 0 Å². The van der Waals surface area contributed by atoms with E-state index in [1.807, 2.05) is 0 Å². The van der Waals surface area contributed by atoms with Crippen LogP contribution in [0, 0.1) is 23.3 Å². The van der Waals surface area contributed by atoms with Gasteiger partial charge in [0.1, 0.15) is 34.4 Å². The summed E-state index contributed by atoms with van der Waals surface area (Å²) in [7, 11) is 0. The van der Waals surface area contributed by atoms with E-state index in [4.69, 9.17) is 30.5 Å². The van der Waals surface area contributed by atoms with Crippen LogP contribution in [0.3, 0.4) is 0 Å². The molecule has 2 aliphatic rings. The van der Waals surface area contributed by atoms with Crippen molar-refractivity contribution in [3.63, 3.8) is 0 Å². The number of carbonyl (C=O) groups is 1. The summed E-state index contributed by atoms with van der Waals surface area (Å²) in [4.78, 5) is 17.3. The molecule has 0 aliphatic carbocycles. The predicted octanol–water partition coefficient (Wildman–Crippen LogP) is 8.89. The van der Waals surface area contributed by atoms with Crippen molar-refractivity contribution in [1.82, 2.24) is 9.55 Å². The van der Waals surface area contributed by atoms with Gasteiger partial charge >= 0.3 is 5.97 Å². The molecule has 2 atom stereocenters. The lowest BCUT2D eigenvalue weighted by molar-refractivity contribution is -0.0705. The van der Waals surface area contributed by atoms with Gasteiger partial charge in [0.05, 0.1) is 29.3 Å². The molecular weight excluding hydrogens is 664 g/mol. The van der Waals surface area contributed by atoms with Crippen LogP contribution < -0.4 is 9.47 Å². The van der Waals surface area contributed by atoms with Crippen LogP contribution in [0.5, 0.6) is 11.5 Å². The van der Waals surface area contributed by atoms with Crippen molar-refractivity contribution in [3.05, 3.63) is 111 Å². The fourth-order valence-electron chi connectivity index (χ4n) is 6.09. The van der Waals surface area contributed by atoms with Gasteiger partial charge in [-0.15, -0.1) is 0 Å². The molecule has 0 radical (unpaired) electrons. The number of benzene rings is 4. The lowest BCUT2D eigenvalue weighted by Crippen LogP contribution is -2.32. The van der Waals surface area contributed by atoms with Gasteiger partial charge in [0.15, 0.2) is 17.3 Å². The minimum atomic E-state index is -1.56. The lowest BCUT2D eigenvalue weighted by atomic mass is 10.00. The standard InChI is InChI=1S/C37H31ClF4N2O5/c1-36(2,3)49-35(45)23-9-11-29-33(32(23)42)44(18-21-12-13-46-21)31(43-29)17-24-26(39)14-19(15-27(24)40)22-6-5-7-30-34(22)48-37(4,47-30)25-10-8-20(38)16-28(25)41/h5-11,14-16,21H,12-13,17-18H2,1-4H3/t21-,37?/m0/s1. The zero-order valence-electron chi connectivity index (χ0n) is 27.0. The summed E-state index contributed by atoms with van der Waals surface area (Å²) in [6, 6.07) is 14.1. The van der Waals surface area contributed by atoms with Crippen LogP contribution in [0.15, 0.2) is 60.7 Å². The van der Waals surface area contributed by atoms with Crippen LogP contribution in [0.25, 0.3) is 22.2 Å². The molecule has 1 saturated heterocycles. The number of hydrogen-bond acceptors (Lipinski definition) is 6. The second kappa shape index (κ2) is 12.1. The van der Waals surface area contributed by atoms with E-state index in [9.17, 15) is 9.18 Å². The van der Waals surface area contributed by atoms with Crippen molar-refractivity contribution in [1.29, 1.82) is 0 Å². The van der Waals surface area contributed by atoms with E-state index < -0.39 is 40.6 Å². The van der Waals surface area contributed by atoms with Gasteiger partial charge in [-0.25, -0.2) is 27.3 Å². The maximum Gasteiger partial charge on any atom is 0.341 e. The minimum absolute atomic E-state index is 0.0171. The lowest BCUT2D eigenvalue weighted by Gasteiger charge is -2.27. The third kappa shape index (κ3) is 6.10. The van der Waals surface area contributed by atoms with Crippen LogP contribution in [-0.2, 0) is 28.2 Å². The largest absolute Gasteiger partial charge is 0.456 e. The highest BCUT2D eigenvalue weighted by Crippen LogP contribution is 2.50. The van der Waals surface area contributed by atoms with E-state index in [0.29, 0.717) is 18.6 Å². The van der Waals surface area contributed by atoms with Crippen molar-refractivity contribution >= 4 is 28.6 Å². The number of carbonyl (C=O) groups excluding carboxylic acids is 1. The molecule has 7 nitrogen and oxygen atoms in total. The molecule has 5 aromatic rings. The maximum absolute atomic E-state index is 16.0. The molecule has 0 saturated carbocycles. The number of imidazole rings is 1. The average molecular weight is 695 g/mol. The summed E-state index contributed by atoms with van der Waals surface area (Å²) in [6.45, 7) is 7.27. The van der Waals surface area contributed by atoms with Crippen molar-refractivity contribution in [2.75, 3.05) is 6.61 Å². The normalized spacial score (nSPS) is 18.5. The van der Waals surface area contributed by atoms with E-state index >= 15 is 13.2 Å². The highest BCUT2D eigenvalue weighted by atomic mass is 35.5. The molecule has 254 valence electrons. The number of rotatable bonds is 7. The molecular formula is C37H31ClF4N2O5. The van der Waals surface area contributed by atoms with Crippen LogP contribution in [0.2, 0.25) is 5.02 Å². The Morgan fingerprint density at radius 2 is 1.76 bits per heavy atom. The molecule has 12 heteroatoms. The van der Waals surface area contributed by atoms with E-state index in [1.165, 1.54) is 47.9 Å². The zero-order valence-corrected chi connectivity index (χ0v) is 27.8. The van der Waals surface area contributed by atoms with Gasteiger partial charge in [0.2, 0.25) is 0 Å². The first-order chi connectivity index (χ1) is 23.2. The Morgan fingerprint density at radius 3 is 2.41 bits per heavy atom. The quantitative estimate of drug-likeness (QED) is 0.125. The third-order valence-electron chi connectivity index (χ3n) is 8.51. The molecule has 2 aliphatic heterocycles. The van der Waals surface area contributed by atoms with Gasteiger partial charge in [0.25, 0.3) is 5.79 Å². The van der Waals surface area contributed by atoms with Crippen LogP contribution in [0.1, 0.15) is 61.4 Å². The molecule has 1 unspecified atom stereocenters. The van der Waals surface area contributed by atoms with E-state index in [-0.39, 0.29) is 74.7 Å². The van der Waals surface area contributed by atoms with Gasteiger partial charge in [-0.05, 0) is 81.3 Å². The first-order valence-corrected chi connectivity index (χ1v) is 16.1. The summed E-state index contributed by atoms with van der Waals surface area (Å²) in [6.07, 6.45) is 0.133. The molecule has 1 aromatic heterocycles. The number of ether oxygens (including phenoxy) is 4. The highest BCUT2D eigenvalue weighted by molar-refractivity contribution is 6.30. The number of hydrogen-bond donors (Lipinski definition) is 0. The maximum atomic E-state index is 16.0. The number of halogens is 5. The molecule has 0 N–H and O–H groups in total. The molecule has 4 aromatic carbocycles. The average Bonchev–Trinajstić information content (AvgIpc) is 3.53. The highest BCUT2D eigenvalue weighted by Gasteiger charge is 2.42. The van der Waals surface area contributed by atoms with Crippen LogP contribution >= 0.6 is 11.6 Å². The van der Waals surface area contributed by atoms with Crippen molar-refractivity contribution in [2.45, 2.75) is 64.6 Å². The smallest absolute Gasteiger partial charge is 0.341 e. The van der Waals surface area contributed by atoms with Crippen molar-refractivity contribution in [3.8, 4) is 22.6 Å². The van der Waals surface area contributed by atoms with Crippen LogP contribution in [-0.4, -0.2) is 33.8 Å². The fourth-order valence-corrected chi connectivity index (χ4v) is 6.25. The van der Waals surface area contributed by atoms with Crippen molar-refractivity contribution in [2.24, 2.45) is 0 Å². The SMILES string of the molecule is CC(C)(C)OC(=O)c1ccc2nc(Cc3c(F)cc(-c4cccc5c4OC(C)(c4ccc(Cl)cc4F)O5)cc3F)n(C[C@@H]3CCO3)c2c1F. The third-order valence-corrected chi connectivity index (χ3v) is 8.75. The van der Waals surface area contributed by atoms with Gasteiger partial charge < -0.3 is 23.5 Å². The number of esters is 1. The van der Waals surface area contributed by atoms with Crippen molar-refractivity contribution < 1.29 is 41.3 Å². The predicted molar refractivity (Wildman–Crippen MR) is 174 cm³/mol.